The molecule has 1 heterocycles. The average Bonchev–Trinajstić information content (AvgIpc) is 2.81. The molecule has 1 N–H and O–H groups in total. The summed E-state index contributed by atoms with van der Waals surface area (Å²) in [7, 11) is 0. The van der Waals surface area contributed by atoms with Crippen molar-refractivity contribution in [3.8, 4) is 0 Å². The van der Waals surface area contributed by atoms with Crippen molar-refractivity contribution in [3.63, 3.8) is 0 Å². The fourth-order valence-corrected chi connectivity index (χ4v) is 4.81. The van der Waals surface area contributed by atoms with Crippen molar-refractivity contribution in [1.82, 2.24) is 9.80 Å². The van der Waals surface area contributed by atoms with Gasteiger partial charge in [0.2, 0.25) is 5.91 Å². The topological polar surface area (TPSA) is 87.2 Å². The highest BCUT2D eigenvalue weighted by atomic mass is 16.5. The molecular weight excluding hydrogens is 432 g/mol. The Kier molecular flexibility index (Phi) is 16.5. The predicted molar refractivity (Wildman–Crippen MR) is 136 cm³/mol. The van der Waals surface area contributed by atoms with Gasteiger partial charge in [0.1, 0.15) is 6.54 Å². The molecule has 2 amide bonds. The van der Waals surface area contributed by atoms with Gasteiger partial charge in [-0.15, -0.1) is 0 Å². The molecule has 198 valence electrons. The lowest BCUT2D eigenvalue weighted by Crippen LogP contribution is -2.55. The van der Waals surface area contributed by atoms with Gasteiger partial charge in [0.15, 0.2) is 0 Å². The second-order valence-electron chi connectivity index (χ2n) is 9.83. The lowest BCUT2D eigenvalue weighted by molar-refractivity contribution is -0.151. The molecule has 0 aliphatic carbocycles. The first kappa shape index (κ1) is 30.2. The van der Waals surface area contributed by atoms with Crippen LogP contribution in [0.3, 0.4) is 0 Å². The first-order chi connectivity index (χ1) is 16.4. The van der Waals surface area contributed by atoms with Gasteiger partial charge in [0.05, 0.1) is 12.6 Å². The molecule has 1 aliphatic heterocycles. The third-order valence-corrected chi connectivity index (χ3v) is 6.96. The number of hydrogen-bond acceptors (Lipinski definition) is 4. The summed E-state index contributed by atoms with van der Waals surface area (Å²) < 4.78 is 5.07. The Hall–Kier alpha value is -1.79. The molecule has 0 aromatic carbocycles. The van der Waals surface area contributed by atoms with Gasteiger partial charge >= 0.3 is 12.1 Å². The Morgan fingerprint density at radius 3 is 1.88 bits per heavy atom. The first-order valence-corrected chi connectivity index (χ1v) is 13.8. The molecule has 0 aromatic heterocycles. The molecule has 2 atom stereocenters. The molecule has 0 radical (unpaired) electrons. The summed E-state index contributed by atoms with van der Waals surface area (Å²) in [6, 6.07) is -0.347. The van der Waals surface area contributed by atoms with Gasteiger partial charge in [-0.3, -0.25) is 9.59 Å². The van der Waals surface area contributed by atoms with Gasteiger partial charge in [-0.1, -0.05) is 84.0 Å². The van der Waals surface area contributed by atoms with E-state index in [0.29, 0.717) is 19.3 Å². The van der Waals surface area contributed by atoms with Crippen molar-refractivity contribution in [2.45, 2.75) is 136 Å². The Morgan fingerprint density at radius 2 is 1.38 bits per heavy atom. The number of amides is 2. The Bertz CT molecular complexity index is 583. The normalized spacial score (nSPS) is 18.0. The van der Waals surface area contributed by atoms with Crippen molar-refractivity contribution >= 4 is 18.0 Å². The van der Waals surface area contributed by atoms with Crippen LogP contribution in [0.25, 0.3) is 0 Å². The quantitative estimate of drug-likeness (QED) is 0.181. The summed E-state index contributed by atoms with van der Waals surface area (Å²) in [6.07, 6.45) is 17.0. The zero-order valence-electron chi connectivity index (χ0n) is 22.1. The summed E-state index contributed by atoms with van der Waals surface area (Å²) in [5.74, 6) is -0.497. The highest BCUT2D eigenvalue weighted by Crippen LogP contribution is 2.23. The number of esters is 1. The molecule has 7 heteroatoms. The fourth-order valence-electron chi connectivity index (χ4n) is 4.81. The standard InChI is InChI=1S/C27H50N2O5/c1-4-6-7-8-9-10-11-12-13-14-15-16-17-18-25(30)29(22-26(31)34-5-2)24-20-19-23(3)28(21-24)27(32)33/h23-24H,4-22H2,1-3H3,(H,32,33). The zero-order valence-corrected chi connectivity index (χ0v) is 22.1. The van der Waals surface area contributed by atoms with Crippen molar-refractivity contribution in [2.75, 3.05) is 19.7 Å². The van der Waals surface area contributed by atoms with Crippen LogP contribution in [0.2, 0.25) is 0 Å². The van der Waals surface area contributed by atoms with E-state index in [9.17, 15) is 19.5 Å². The molecule has 0 bridgehead atoms. The van der Waals surface area contributed by atoms with Crippen LogP contribution in [0.1, 0.15) is 124 Å². The van der Waals surface area contributed by atoms with Gasteiger partial charge in [0.25, 0.3) is 0 Å². The monoisotopic (exact) mass is 482 g/mol. The summed E-state index contributed by atoms with van der Waals surface area (Å²) in [5.41, 5.74) is 0. The number of piperidine rings is 1. The lowest BCUT2D eigenvalue weighted by Gasteiger charge is -2.41. The molecule has 0 aromatic rings. The number of rotatable bonds is 18. The Morgan fingerprint density at radius 1 is 0.853 bits per heavy atom. The zero-order chi connectivity index (χ0) is 25.2. The summed E-state index contributed by atoms with van der Waals surface area (Å²) in [6.45, 7) is 6.30. The van der Waals surface area contributed by atoms with E-state index in [1.807, 2.05) is 6.92 Å². The second-order valence-corrected chi connectivity index (χ2v) is 9.83. The number of likely N-dealkylation sites (tertiary alicyclic amines) is 1. The predicted octanol–water partition coefficient (Wildman–Crippen LogP) is 6.39. The maximum absolute atomic E-state index is 13.0. The second kappa shape index (κ2) is 18.5. The van der Waals surface area contributed by atoms with E-state index in [2.05, 4.69) is 6.92 Å². The Labute approximate surface area is 207 Å². The maximum atomic E-state index is 13.0. The highest BCUT2D eigenvalue weighted by Gasteiger charge is 2.34. The lowest BCUT2D eigenvalue weighted by atomic mass is 9.98. The van der Waals surface area contributed by atoms with E-state index in [1.165, 1.54) is 69.1 Å². The van der Waals surface area contributed by atoms with Crippen molar-refractivity contribution < 1.29 is 24.2 Å². The molecule has 0 spiro atoms. The molecule has 0 saturated carbocycles. The van der Waals surface area contributed by atoms with E-state index in [0.717, 1.165) is 19.3 Å². The number of ether oxygens (including phenoxy) is 1. The van der Waals surface area contributed by atoms with Gasteiger partial charge in [0, 0.05) is 19.0 Å². The molecule has 7 nitrogen and oxygen atoms in total. The SMILES string of the molecule is CCCCCCCCCCCCCCCC(=O)N(CC(=O)OCC)C1CCC(C)N(C(=O)O)C1. The minimum absolute atomic E-state index is 0.0685. The number of carbonyl (C=O) groups excluding carboxylic acids is 2. The van der Waals surface area contributed by atoms with Gasteiger partial charge in [-0.25, -0.2) is 4.79 Å². The van der Waals surface area contributed by atoms with Crippen molar-refractivity contribution in [2.24, 2.45) is 0 Å². The average molecular weight is 483 g/mol. The number of nitrogens with zero attached hydrogens (tertiary/aromatic N) is 2. The van der Waals surface area contributed by atoms with Crippen LogP contribution in [-0.2, 0) is 14.3 Å². The number of hydrogen-bond donors (Lipinski definition) is 1. The molecular formula is C27H50N2O5. The number of carbonyl (C=O) groups is 3. The first-order valence-electron chi connectivity index (χ1n) is 13.8. The molecule has 2 unspecified atom stereocenters. The maximum Gasteiger partial charge on any atom is 0.407 e. The van der Waals surface area contributed by atoms with Crippen LogP contribution >= 0.6 is 0 Å². The molecule has 1 aliphatic rings. The molecule has 1 saturated heterocycles. The third-order valence-electron chi connectivity index (χ3n) is 6.96. The van der Waals surface area contributed by atoms with Crippen LogP contribution < -0.4 is 0 Å². The summed E-state index contributed by atoms with van der Waals surface area (Å²) in [5, 5.41) is 9.48. The van der Waals surface area contributed by atoms with Crippen molar-refractivity contribution in [1.29, 1.82) is 0 Å². The smallest absolute Gasteiger partial charge is 0.407 e. The molecule has 1 fully saturated rings. The van der Waals surface area contributed by atoms with Crippen LogP contribution in [0.5, 0.6) is 0 Å². The van der Waals surface area contributed by atoms with Crippen molar-refractivity contribution in [3.05, 3.63) is 0 Å². The van der Waals surface area contributed by atoms with Gasteiger partial charge in [-0.05, 0) is 33.1 Å². The van der Waals surface area contributed by atoms with Gasteiger partial charge in [-0.2, -0.15) is 0 Å². The van der Waals surface area contributed by atoms with Crippen LogP contribution in [0.4, 0.5) is 4.79 Å². The van der Waals surface area contributed by atoms with E-state index in [4.69, 9.17) is 4.74 Å². The minimum Gasteiger partial charge on any atom is -0.465 e. The van der Waals surface area contributed by atoms with Crippen LogP contribution in [-0.4, -0.2) is 64.7 Å². The van der Waals surface area contributed by atoms with Crippen LogP contribution in [0, 0.1) is 0 Å². The third kappa shape index (κ3) is 12.6. The highest BCUT2D eigenvalue weighted by molar-refractivity contribution is 5.82. The molecule has 34 heavy (non-hydrogen) atoms. The summed E-state index contributed by atoms with van der Waals surface area (Å²) >= 11 is 0. The number of unbranched alkanes of at least 4 members (excludes halogenated alkanes) is 12. The fraction of sp³-hybridized carbons (Fsp3) is 0.889. The van der Waals surface area contributed by atoms with E-state index < -0.39 is 12.1 Å². The minimum atomic E-state index is -0.975. The summed E-state index contributed by atoms with van der Waals surface area (Å²) in [4.78, 5) is 39.6. The number of carboxylic acid groups (broad SMARTS) is 1. The van der Waals surface area contributed by atoms with E-state index in [-0.39, 0.29) is 37.7 Å². The van der Waals surface area contributed by atoms with Gasteiger partial charge < -0.3 is 19.6 Å². The van der Waals surface area contributed by atoms with E-state index in [1.54, 1.807) is 11.8 Å². The van der Waals surface area contributed by atoms with E-state index >= 15 is 0 Å². The largest absolute Gasteiger partial charge is 0.465 e. The Balaban J connectivity index is 2.32. The van der Waals surface area contributed by atoms with Crippen LogP contribution in [0.15, 0.2) is 0 Å². The molecule has 1 rings (SSSR count).